The summed E-state index contributed by atoms with van der Waals surface area (Å²) in [6.45, 7) is 6.48. The smallest absolute Gasteiger partial charge is 0.271 e. The van der Waals surface area contributed by atoms with Crippen molar-refractivity contribution in [3.05, 3.63) is 57.0 Å². The van der Waals surface area contributed by atoms with Crippen molar-refractivity contribution in [3.8, 4) is 11.5 Å². The second-order valence-corrected chi connectivity index (χ2v) is 7.10. The Kier molecular flexibility index (Phi) is 8.13. The molecule has 144 valence electrons. The van der Waals surface area contributed by atoms with Crippen LogP contribution in [-0.2, 0) is 0 Å². The summed E-state index contributed by atoms with van der Waals surface area (Å²) in [6.07, 6.45) is 2.50. The predicted molar refractivity (Wildman–Crippen MR) is 112 cm³/mol. The maximum atomic E-state index is 12.1. The van der Waals surface area contributed by atoms with Gasteiger partial charge in [0.1, 0.15) is 0 Å². The summed E-state index contributed by atoms with van der Waals surface area (Å²) in [5, 5.41) is 4.59. The zero-order valence-electron chi connectivity index (χ0n) is 15.5. The number of hydrogen-bond donors (Lipinski definition) is 1. The molecule has 0 aliphatic heterocycles. The molecule has 2 aromatic carbocycles. The van der Waals surface area contributed by atoms with Crippen LogP contribution in [0.25, 0.3) is 0 Å². The molecule has 0 fully saturated rings. The van der Waals surface area contributed by atoms with E-state index in [9.17, 15) is 4.79 Å². The molecule has 0 unspecified atom stereocenters. The molecule has 0 radical (unpaired) electrons. The lowest BCUT2D eigenvalue weighted by molar-refractivity contribution is 0.0955. The van der Waals surface area contributed by atoms with E-state index in [1.165, 1.54) is 0 Å². The van der Waals surface area contributed by atoms with Crippen molar-refractivity contribution >= 4 is 39.7 Å². The Hall–Kier alpha value is -2.05. The lowest BCUT2D eigenvalue weighted by atomic mass is 10.2. The van der Waals surface area contributed by atoms with Crippen molar-refractivity contribution in [2.75, 3.05) is 6.61 Å². The number of hydrazone groups is 1. The van der Waals surface area contributed by atoms with Crippen molar-refractivity contribution < 1.29 is 14.3 Å². The Morgan fingerprint density at radius 1 is 1.30 bits per heavy atom. The number of nitrogens with one attached hydrogen (secondary N) is 1. The van der Waals surface area contributed by atoms with E-state index in [1.807, 2.05) is 26.0 Å². The Bertz CT molecular complexity index is 810. The van der Waals surface area contributed by atoms with E-state index in [0.29, 0.717) is 28.7 Å². The zero-order valence-corrected chi connectivity index (χ0v) is 17.8. The van der Waals surface area contributed by atoms with E-state index in [4.69, 9.17) is 21.1 Å². The molecule has 0 aliphatic carbocycles. The van der Waals surface area contributed by atoms with Crippen LogP contribution < -0.4 is 14.9 Å². The Balaban J connectivity index is 2.14. The van der Waals surface area contributed by atoms with Crippen molar-refractivity contribution in [1.82, 2.24) is 5.43 Å². The number of ether oxygens (including phenoxy) is 2. The third-order valence-electron chi connectivity index (χ3n) is 3.71. The Morgan fingerprint density at radius 3 is 2.63 bits per heavy atom. The highest BCUT2D eigenvalue weighted by molar-refractivity contribution is 9.10. The van der Waals surface area contributed by atoms with Gasteiger partial charge in [0, 0.05) is 10.6 Å². The molecule has 1 N–H and O–H groups in total. The van der Waals surface area contributed by atoms with Gasteiger partial charge in [-0.15, -0.1) is 0 Å². The fourth-order valence-electron chi connectivity index (χ4n) is 2.16. The molecule has 0 spiro atoms. The molecule has 1 atom stereocenters. The van der Waals surface area contributed by atoms with Crippen LogP contribution in [0.15, 0.2) is 46.0 Å². The number of nitrogens with zero attached hydrogens (tertiary/aromatic N) is 1. The molecule has 0 bridgehead atoms. The second-order valence-electron chi connectivity index (χ2n) is 5.81. The summed E-state index contributed by atoms with van der Waals surface area (Å²) in [6, 6.07) is 10.3. The Morgan fingerprint density at radius 2 is 2.00 bits per heavy atom. The zero-order chi connectivity index (χ0) is 19.8. The number of carbonyl (C=O) groups excluding carboxylic acids is 1. The minimum Gasteiger partial charge on any atom is -0.490 e. The van der Waals surface area contributed by atoms with Gasteiger partial charge in [-0.05, 0) is 78.2 Å². The molecule has 2 aromatic rings. The van der Waals surface area contributed by atoms with Gasteiger partial charge in [0.15, 0.2) is 11.5 Å². The lowest BCUT2D eigenvalue weighted by Gasteiger charge is -2.18. The van der Waals surface area contributed by atoms with E-state index in [1.54, 1.807) is 30.5 Å². The van der Waals surface area contributed by atoms with E-state index in [-0.39, 0.29) is 12.0 Å². The maximum Gasteiger partial charge on any atom is 0.271 e. The molecule has 0 saturated carbocycles. The molecule has 27 heavy (non-hydrogen) atoms. The van der Waals surface area contributed by atoms with Crippen LogP contribution in [-0.4, -0.2) is 24.8 Å². The van der Waals surface area contributed by atoms with Gasteiger partial charge in [0.05, 0.1) is 23.4 Å². The van der Waals surface area contributed by atoms with Gasteiger partial charge in [-0.3, -0.25) is 4.79 Å². The fourth-order valence-corrected chi connectivity index (χ4v) is 2.83. The van der Waals surface area contributed by atoms with Gasteiger partial charge in [0.2, 0.25) is 0 Å². The first-order chi connectivity index (χ1) is 12.9. The van der Waals surface area contributed by atoms with Gasteiger partial charge < -0.3 is 9.47 Å². The summed E-state index contributed by atoms with van der Waals surface area (Å²) in [5.41, 5.74) is 3.73. The van der Waals surface area contributed by atoms with Crippen molar-refractivity contribution in [1.29, 1.82) is 0 Å². The first-order valence-corrected chi connectivity index (χ1v) is 9.83. The first-order valence-electron chi connectivity index (χ1n) is 8.66. The number of benzene rings is 2. The van der Waals surface area contributed by atoms with E-state index < -0.39 is 0 Å². The summed E-state index contributed by atoms with van der Waals surface area (Å²) in [4.78, 5) is 12.1. The molecule has 0 aliphatic rings. The highest BCUT2D eigenvalue weighted by Gasteiger charge is 2.14. The third-order valence-corrected chi connectivity index (χ3v) is 4.55. The highest BCUT2D eigenvalue weighted by atomic mass is 79.9. The minimum atomic E-state index is -0.316. The average Bonchev–Trinajstić information content (AvgIpc) is 2.65. The average molecular weight is 454 g/mol. The fraction of sp³-hybridized carbons (Fsp3) is 0.300. The molecule has 0 saturated heterocycles. The van der Waals surface area contributed by atoms with Crippen LogP contribution in [0.4, 0.5) is 0 Å². The molecule has 2 rings (SSSR count). The Labute approximate surface area is 172 Å². The number of carbonyl (C=O) groups is 1. The second kappa shape index (κ2) is 10.3. The normalized spacial score (nSPS) is 12.0. The highest BCUT2D eigenvalue weighted by Crippen LogP contribution is 2.37. The van der Waals surface area contributed by atoms with Gasteiger partial charge in [-0.1, -0.05) is 18.5 Å². The van der Waals surface area contributed by atoms with Crippen molar-refractivity contribution in [2.45, 2.75) is 33.3 Å². The number of halogens is 2. The predicted octanol–water partition coefficient (Wildman–Crippen LogP) is 5.44. The van der Waals surface area contributed by atoms with Crippen LogP contribution in [0.1, 0.15) is 43.1 Å². The van der Waals surface area contributed by atoms with Gasteiger partial charge in [-0.25, -0.2) is 5.43 Å². The first kappa shape index (κ1) is 21.3. The number of rotatable bonds is 8. The number of amides is 1. The quantitative estimate of drug-likeness (QED) is 0.427. The topological polar surface area (TPSA) is 59.9 Å². The summed E-state index contributed by atoms with van der Waals surface area (Å²) in [7, 11) is 0. The molecular weight excluding hydrogens is 432 g/mol. The summed E-state index contributed by atoms with van der Waals surface area (Å²) < 4.78 is 12.4. The molecule has 5 nitrogen and oxygen atoms in total. The summed E-state index contributed by atoms with van der Waals surface area (Å²) >= 11 is 9.35. The SMILES string of the molecule is CCOc1cc(/C=N\NC(=O)c2ccc(Cl)cc2)cc(Br)c1O[C@H](C)CC. The standard InChI is InChI=1S/C20H22BrClN2O3/c1-4-13(3)27-19-17(21)10-14(11-18(19)26-5-2)12-23-24-20(25)15-6-8-16(22)9-7-15/h6-13H,4-5H2,1-3H3,(H,24,25)/b23-12-/t13-/m1/s1. The van der Waals surface area contributed by atoms with E-state index in [2.05, 4.69) is 33.4 Å². The van der Waals surface area contributed by atoms with E-state index in [0.717, 1.165) is 16.5 Å². The monoisotopic (exact) mass is 452 g/mol. The third kappa shape index (κ3) is 6.26. The summed E-state index contributed by atoms with van der Waals surface area (Å²) in [5.74, 6) is 0.968. The molecule has 7 heteroatoms. The van der Waals surface area contributed by atoms with Crippen molar-refractivity contribution in [2.24, 2.45) is 5.10 Å². The van der Waals surface area contributed by atoms with Crippen LogP contribution in [0.3, 0.4) is 0 Å². The minimum absolute atomic E-state index is 0.0682. The van der Waals surface area contributed by atoms with Crippen molar-refractivity contribution in [3.63, 3.8) is 0 Å². The maximum absolute atomic E-state index is 12.1. The van der Waals surface area contributed by atoms with E-state index >= 15 is 0 Å². The molecule has 1 amide bonds. The molecule has 0 aromatic heterocycles. The van der Waals surface area contributed by atoms with Gasteiger partial charge >= 0.3 is 0 Å². The van der Waals surface area contributed by atoms with Gasteiger partial charge in [0.25, 0.3) is 5.91 Å². The largest absolute Gasteiger partial charge is 0.490 e. The molecular formula is C20H22BrClN2O3. The van der Waals surface area contributed by atoms with Crippen LogP contribution >= 0.6 is 27.5 Å². The van der Waals surface area contributed by atoms with Crippen LogP contribution in [0.2, 0.25) is 5.02 Å². The number of hydrogen-bond acceptors (Lipinski definition) is 4. The van der Waals surface area contributed by atoms with Gasteiger partial charge in [-0.2, -0.15) is 5.10 Å². The van der Waals surface area contributed by atoms with Crippen LogP contribution in [0, 0.1) is 0 Å². The lowest BCUT2D eigenvalue weighted by Crippen LogP contribution is -2.17. The molecule has 0 heterocycles. The van der Waals surface area contributed by atoms with Crippen LogP contribution in [0.5, 0.6) is 11.5 Å².